The Morgan fingerprint density at radius 3 is 2.60 bits per heavy atom. The average Bonchev–Trinajstić information content (AvgIpc) is 3.37. The molecule has 2 aromatic heterocycles. The number of nitrogens with zero attached hydrogens (tertiary/aromatic N) is 6. The first-order chi connectivity index (χ1) is 20.4. The number of anilines is 2. The van der Waals surface area contributed by atoms with Crippen molar-refractivity contribution < 1.29 is 23.4 Å². The fourth-order valence-electron chi connectivity index (χ4n) is 5.37. The number of piperidine rings is 1. The lowest BCUT2D eigenvalue weighted by Gasteiger charge is -2.38. The number of ether oxygens (including phenoxy) is 3. The van der Waals surface area contributed by atoms with Crippen molar-refractivity contribution >= 4 is 30.0 Å². The van der Waals surface area contributed by atoms with Crippen LogP contribution in [0.15, 0.2) is 41.3 Å². The Kier molecular flexibility index (Phi) is 9.65. The predicted molar refractivity (Wildman–Crippen MR) is 156 cm³/mol. The minimum Gasteiger partial charge on any atom is -0.442 e. The van der Waals surface area contributed by atoms with E-state index in [0.717, 1.165) is 61.0 Å². The van der Waals surface area contributed by atoms with E-state index in [4.69, 9.17) is 19.2 Å². The molecule has 0 unspecified atom stereocenters. The van der Waals surface area contributed by atoms with Gasteiger partial charge in [-0.25, -0.2) is 23.7 Å². The van der Waals surface area contributed by atoms with Gasteiger partial charge in [-0.2, -0.15) is 0 Å². The lowest BCUT2D eigenvalue weighted by Crippen LogP contribution is -2.46. The van der Waals surface area contributed by atoms with Crippen molar-refractivity contribution in [3.8, 4) is 0 Å². The molecule has 224 valence electrons. The SMILES string of the molecule is COCCOCC(=O)OCn1c(N(C)C2CCN(c3nc4c(n3Cc3ccc(F)cc3)=CCCC=4)CC2)nccc1=O. The molecule has 1 aliphatic carbocycles. The minimum atomic E-state index is -0.572. The molecule has 1 aliphatic heterocycles. The largest absolute Gasteiger partial charge is 0.442 e. The summed E-state index contributed by atoms with van der Waals surface area (Å²) in [6, 6.07) is 8.08. The lowest BCUT2D eigenvalue weighted by atomic mass is 10.0. The van der Waals surface area contributed by atoms with Crippen LogP contribution in [-0.4, -0.2) is 78.2 Å². The molecule has 5 rings (SSSR count). The summed E-state index contributed by atoms with van der Waals surface area (Å²) in [5, 5.41) is 2.10. The van der Waals surface area contributed by atoms with Gasteiger partial charge in [-0.1, -0.05) is 24.3 Å². The molecule has 12 heteroatoms. The van der Waals surface area contributed by atoms with Gasteiger partial charge in [0.15, 0.2) is 6.73 Å². The van der Waals surface area contributed by atoms with Crippen LogP contribution in [-0.2, 0) is 32.3 Å². The highest BCUT2D eigenvalue weighted by molar-refractivity contribution is 5.70. The first-order valence-corrected chi connectivity index (χ1v) is 14.2. The van der Waals surface area contributed by atoms with Crippen molar-refractivity contribution in [2.24, 2.45) is 0 Å². The molecule has 11 nitrogen and oxygen atoms in total. The van der Waals surface area contributed by atoms with E-state index in [1.165, 1.54) is 29.0 Å². The van der Waals surface area contributed by atoms with Crippen molar-refractivity contribution in [2.45, 2.75) is 45.0 Å². The van der Waals surface area contributed by atoms with Crippen molar-refractivity contribution in [1.29, 1.82) is 0 Å². The first kappa shape index (κ1) is 29.5. The van der Waals surface area contributed by atoms with Gasteiger partial charge in [0.1, 0.15) is 12.4 Å². The zero-order chi connectivity index (χ0) is 29.5. The van der Waals surface area contributed by atoms with Crippen molar-refractivity contribution in [3.63, 3.8) is 0 Å². The number of carbonyl (C=O) groups excluding carboxylic acids is 1. The van der Waals surface area contributed by atoms with E-state index in [-0.39, 0.29) is 37.4 Å². The van der Waals surface area contributed by atoms with Crippen LogP contribution in [0.25, 0.3) is 12.2 Å². The maximum absolute atomic E-state index is 13.5. The molecule has 3 heterocycles. The van der Waals surface area contributed by atoms with Gasteiger partial charge >= 0.3 is 5.97 Å². The number of imidazole rings is 1. The number of methoxy groups -OCH3 is 1. The van der Waals surface area contributed by atoms with Gasteiger partial charge in [-0.05, 0) is 43.4 Å². The average molecular weight is 581 g/mol. The molecule has 0 saturated carbocycles. The summed E-state index contributed by atoms with van der Waals surface area (Å²) >= 11 is 0. The second-order valence-corrected chi connectivity index (χ2v) is 10.4. The van der Waals surface area contributed by atoms with Crippen molar-refractivity contribution in [2.75, 3.05) is 56.9 Å². The zero-order valence-corrected chi connectivity index (χ0v) is 24.1. The summed E-state index contributed by atoms with van der Waals surface area (Å²) in [6.07, 6.45) is 9.45. The Morgan fingerprint density at radius 1 is 1.07 bits per heavy atom. The molecular weight excluding hydrogens is 543 g/mol. The number of aromatic nitrogens is 4. The van der Waals surface area contributed by atoms with Crippen LogP contribution in [0.5, 0.6) is 0 Å². The summed E-state index contributed by atoms with van der Waals surface area (Å²) < 4.78 is 32.5. The number of hydrogen-bond acceptors (Lipinski definition) is 9. The highest BCUT2D eigenvalue weighted by Gasteiger charge is 2.28. The number of fused-ring (bicyclic) bond motifs is 1. The van der Waals surface area contributed by atoms with E-state index in [1.807, 2.05) is 24.1 Å². The van der Waals surface area contributed by atoms with Gasteiger partial charge < -0.3 is 28.6 Å². The highest BCUT2D eigenvalue weighted by Crippen LogP contribution is 2.23. The maximum atomic E-state index is 13.5. The molecule has 0 amide bonds. The Balaban J connectivity index is 1.27. The van der Waals surface area contributed by atoms with E-state index in [0.29, 0.717) is 19.1 Å². The number of benzene rings is 1. The fraction of sp³-hybridized carbons (Fsp3) is 0.467. The number of halogens is 1. The van der Waals surface area contributed by atoms with Gasteiger partial charge in [-0.15, -0.1) is 0 Å². The van der Waals surface area contributed by atoms with Crippen molar-refractivity contribution in [3.05, 3.63) is 69.0 Å². The molecule has 0 atom stereocenters. The number of carbonyl (C=O) groups is 1. The van der Waals surface area contributed by atoms with Crippen LogP contribution < -0.4 is 26.1 Å². The summed E-state index contributed by atoms with van der Waals surface area (Å²) in [7, 11) is 3.46. The summed E-state index contributed by atoms with van der Waals surface area (Å²) in [5.74, 6) is 0.527. The molecule has 42 heavy (non-hydrogen) atoms. The van der Waals surface area contributed by atoms with E-state index in [1.54, 1.807) is 7.11 Å². The monoisotopic (exact) mass is 580 g/mol. The van der Waals surface area contributed by atoms with E-state index < -0.39 is 5.97 Å². The molecule has 0 N–H and O–H groups in total. The van der Waals surface area contributed by atoms with Crippen LogP contribution in [0, 0.1) is 5.82 Å². The van der Waals surface area contributed by atoms with Gasteiger partial charge in [0.25, 0.3) is 5.56 Å². The smallest absolute Gasteiger partial charge is 0.333 e. The van der Waals surface area contributed by atoms with Crippen molar-refractivity contribution in [1.82, 2.24) is 19.1 Å². The summed E-state index contributed by atoms with van der Waals surface area (Å²) in [4.78, 5) is 38.5. The quantitative estimate of drug-likeness (QED) is 0.231. The second kappa shape index (κ2) is 13.8. The first-order valence-electron chi connectivity index (χ1n) is 14.2. The zero-order valence-electron chi connectivity index (χ0n) is 24.1. The Hall–Kier alpha value is -4.03. The predicted octanol–water partition coefficient (Wildman–Crippen LogP) is 1.25. The minimum absolute atomic E-state index is 0.114. The van der Waals surface area contributed by atoms with Gasteiger partial charge in [0, 0.05) is 45.6 Å². The normalized spacial score (nSPS) is 15.1. The summed E-state index contributed by atoms with van der Waals surface area (Å²) in [5.41, 5.74) is 0.708. The molecule has 1 aromatic carbocycles. The summed E-state index contributed by atoms with van der Waals surface area (Å²) in [6.45, 7) is 2.31. The molecule has 0 radical (unpaired) electrons. The Bertz CT molecular complexity index is 1550. The molecule has 1 fully saturated rings. The molecule has 0 bridgehead atoms. The van der Waals surface area contributed by atoms with Gasteiger partial charge in [0.2, 0.25) is 11.9 Å². The third-order valence-corrected chi connectivity index (χ3v) is 7.64. The highest BCUT2D eigenvalue weighted by atomic mass is 19.1. The number of esters is 1. The van der Waals surface area contributed by atoms with Crippen LogP contribution in [0.1, 0.15) is 31.2 Å². The van der Waals surface area contributed by atoms with Crippen LogP contribution >= 0.6 is 0 Å². The molecule has 0 spiro atoms. The third kappa shape index (κ3) is 6.88. The van der Waals surface area contributed by atoms with E-state index >= 15 is 0 Å². The number of rotatable bonds is 12. The van der Waals surface area contributed by atoms with Crippen LogP contribution in [0.3, 0.4) is 0 Å². The van der Waals surface area contributed by atoms with Crippen LogP contribution in [0.2, 0.25) is 0 Å². The molecule has 1 saturated heterocycles. The maximum Gasteiger partial charge on any atom is 0.333 e. The molecule has 3 aromatic rings. The Morgan fingerprint density at radius 2 is 1.83 bits per heavy atom. The molecular formula is C30H37FN6O5. The fourth-order valence-corrected chi connectivity index (χ4v) is 5.37. The second-order valence-electron chi connectivity index (χ2n) is 10.4. The van der Waals surface area contributed by atoms with Gasteiger partial charge in [0.05, 0.1) is 30.5 Å². The van der Waals surface area contributed by atoms with E-state index in [9.17, 15) is 14.0 Å². The molecule has 2 aliphatic rings. The number of hydrogen-bond donors (Lipinski definition) is 0. The topological polar surface area (TPSA) is 104 Å². The standard InChI is InChI=1S/C30H37FN6O5/c1-34(29-32-14-11-27(38)37(29)21-42-28(39)20-41-18-17-40-2)24-12-15-35(16-13-24)30-33-25-5-3-4-6-26(25)36(30)19-22-7-9-23(31)10-8-22/h5-11,14,24H,3-4,12-13,15-21H2,1-2H3. The van der Waals surface area contributed by atoms with Crippen LogP contribution in [0.4, 0.5) is 16.3 Å². The van der Waals surface area contributed by atoms with E-state index in [2.05, 4.69) is 26.6 Å². The lowest BCUT2D eigenvalue weighted by molar-refractivity contribution is -0.153. The Labute approximate surface area is 243 Å². The third-order valence-electron chi connectivity index (χ3n) is 7.64. The van der Waals surface area contributed by atoms with Gasteiger partial charge in [-0.3, -0.25) is 4.79 Å².